The molecule has 0 aromatic heterocycles. The molecule has 2 fully saturated rings. The molecule has 12 heteroatoms. The minimum absolute atomic E-state index is 0.0355. The van der Waals surface area contributed by atoms with Crippen molar-refractivity contribution in [3.63, 3.8) is 0 Å². The highest BCUT2D eigenvalue weighted by molar-refractivity contribution is 6.43. The summed E-state index contributed by atoms with van der Waals surface area (Å²) in [6.45, 7) is 4.58. The van der Waals surface area contributed by atoms with E-state index in [0.29, 0.717) is 49.9 Å². The van der Waals surface area contributed by atoms with E-state index >= 15 is 0 Å². The molecule has 0 spiro atoms. The summed E-state index contributed by atoms with van der Waals surface area (Å²) < 4.78 is 38.0. The van der Waals surface area contributed by atoms with Crippen molar-refractivity contribution >= 4 is 40.7 Å². The van der Waals surface area contributed by atoms with Gasteiger partial charge >= 0.3 is 6.18 Å². The van der Waals surface area contributed by atoms with Crippen LogP contribution in [-0.4, -0.2) is 90.3 Å². The number of benzene rings is 1. The normalized spacial score (nSPS) is 21.0. The molecule has 1 aromatic carbocycles. The minimum Gasteiger partial charge on any atom is -0.393 e. The largest absolute Gasteiger partial charge is 0.432 e. The second kappa shape index (κ2) is 11.0. The lowest BCUT2D eigenvalue weighted by molar-refractivity contribution is -0.128. The molecular weight excluding hydrogens is 494 g/mol. The molecule has 7 nitrogen and oxygen atoms in total. The van der Waals surface area contributed by atoms with E-state index in [1.54, 1.807) is 34.1 Å². The Bertz CT molecular complexity index is 974. The zero-order valence-electron chi connectivity index (χ0n) is 18.6. The minimum atomic E-state index is -4.76. The number of halogens is 5. The van der Waals surface area contributed by atoms with Crippen LogP contribution in [0, 0.1) is 0 Å². The molecule has 186 valence electrons. The number of piperazine rings is 1. The van der Waals surface area contributed by atoms with Gasteiger partial charge in [-0.2, -0.15) is 13.2 Å². The van der Waals surface area contributed by atoms with Crippen LogP contribution in [0.1, 0.15) is 23.7 Å². The summed E-state index contributed by atoms with van der Waals surface area (Å²) in [6.07, 6.45) is -3.98. The first-order valence-electron chi connectivity index (χ1n) is 10.8. The Morgan fingerprint density at radius 3 is 2.29 bits per heavy atom. The third kappa shape index (κ3) is 6.43. The van der Waals surface area contributed by atoms with Gasteiger partial charge in [-0.3, -0.25) is 19.5 Å². The first kappa shape index (κ1) is 26.3. The molecule has 0 saturated carbocycles. The number of allylic oxidation sites excluding steroid dienone is 2. The molecule has 1 atom stereocenters. The van der Waals surface area contributed by atoms with Crippen molar-refractivity contribution in [3.8, 4) is 0 Å². The van der Waals surface area contributed by atoms with Crippen LogP contribution < -0.4 is 5.73 Å². The van der Waals surface area contributed by atoms with E-state index in [9.17, 15) is 22.8 Å². The molecule has 2 aliphatic rings. The van der Waals surface area contributed by atoms with Gasteiger partial charge in [0.25, 0.3) is 5.91 Å². The van der Waals surface area contributed by atoms with Crippen molar-refractivity contribution in [2.75, 3.05) is 45.8 Å². The number of carbonyl (C=O) groups is 2. The quantitative estimate of drug-likeness (QED) is 0.606. The molecule has 2 N–H and O–H groups in total. The molecule has 3 rings (SSSR count). The van der Waals surface area contributed by atoms with Crippen molar-refractivity contribution < 1.29 is 22.8 Å². The lowest BCUT2D eigenvalue weighted by Crippen LogP contribution is -2.52. The van der Waals surface area contributed by atoms with Crippen molar-refractivity contribution in [2.24, 2.45) is 10.7 Å². The van der Waals surface area contributed by atoms with Gasteiger partial charge in [-0.15, -0.1) is 0 Å². The third-order valence-corrected chi connectivity index (χ3v) is 6.77. The van der Waals surface area contributed by atoms with Gasteiger partial charge in [0.15, 0.2) is 0 Å². The van der Waals surface area contributed by atoms with Crippen LogP contribution >= 0.6 is 23.2 Å². The smallest absolute Gasteiger partial charge is 0.393 e. The average Bonchev–Trinajstić information content (AvgIpc) is 3.31. The number of carbonyl (C=O) groups excluding carboxylic acids is 2. The number of amides is 2. The van der Waals surface area contributed by atoms with Gasteiger partial charge in [0.1, 0.15) is 12.2 Å². The van der Waals surface area contributed by atoms with Crippen molar-refractivity contribution in [1.29, 1.82) is 0 Å². The Hall–Kier alpha value is -2.30. The molecule has 2 heterocycles. The summed E-state index contributed by atoms with van der Waals surface area (Å²) in [6, 6.07) is 6.96. The lowest BCUT2D eigenvalue weighted by atomic mass is 10.1. The van der Waals surface area contributed by atoms with Gasteiger partial charge in [-0.25, -0.2) is 0 Å². The molecule has 0 aliphatic carbocycles. The molecule has 0 bridgehead atoms. The van der Waals surface area contributed by atoms with E-state index in [-0.39, 0.29) is 30.1 Å². The molecule has 0 radical (unpaired) electrons. The van der Waals surface area contributed by atoms with Gasteiger partial charge < -0.3 is 15.5 Å². The highest BCUT2D eigenvalue weighted by Gasteiger charge is 2.35. The van der Waals surface area contributed by atoms with E-state index in [4.69, 9.17) is 28.9 Å². The van der Waals surface area contributed by atoms with Crippen LogP contribution in [0.5, 0.6) is 0 Å². The lowest BCUT2D eigenvalue weighted by Gasteiger charge is -2.38. The fourth-order valence-electron chi connectivity index (χ4n) is 4.01. The second-order valence-electron chi connectivity index (χ2n) is 8.24. The highest BCUT2D eigenvalue weighted by Crippen LogP contribution is 2.26. The Kier molecular flexibility index (Phi) is 8.48. The van der Waals surface area contributed by atoms with Crippen LogP contribution in [-0.2, 0) is 4.79 Å². The standard InChI is InChI=1S/C22H26Cl2F3N5O2/c1-14(19(24)20(28)22(25,26)27)29-12-18(33)32-7-6-17(13-32)30-8-10-31(11-9-30)21(34)15-2-4-16(23)5-3-15/h2-5,17H,6-13,28H2,1H3. The van der Waals surface area contributed by atoms with E-state index in [0.717, 1.165) is 6.42 Å². The number of hydrogen-bond acceptors (Lipinski definition) is 5. The van der Waals surface area contributed by atoms with Gasteiger partial charge in [-0.05, 0) is 37.6 Å². The number of nitrogens with zero attached hydrogens (tertiary/aromatic N) is 4. The van der Waals surface area contributed by atoms with Crippen LogP contribution in [0.2, 0.25) is 5.02 Å². The number of alkyl halides is 3. The van der Waals surface area contributed by atoms with Crippen LogP contribution in [0.15, 0.2) is 40.0 Å². The SMILES string of the molecule is CC(=NCC(=O)N1CCC(N2CCN(C(=O)c3ccc(Cl)cc3)CC2)C1)C(Cl)=C(N)C(F)(F)F. The summed E-state index contributed by atoms with van der Waals surface area (Å²) in [5.74, 6) is -0.319. The molecule has 2 amide bonds. The maximum atomic E-state index is 12.7. The van der Waals surface area contributed by atoms with E-state index < -0.39 is 16.9 Å². The van der Waals surface area contributed by atoms with Crippen molar-refractivity contribution in [2.45, 2.75) is 25.6 Å². The average molecular weight is 520 g/mol. The zero-order valence-corrected chi connectivity index (χ0v) is 20.1. The van der Waals surface area contributed by atoms with E-state index in [1.807, 2.05) is 0 Å². The monoisotopic (exact) mass is 519 g/mol. The molecule has 34 heavy (non-hydrogen) atoms. The summed E-state index contributed by atoms with van der Waals surface area (Å²) in [5, 5.41) is -0.127. The molecule has 1 aromatic rings. The Morgan fingerprint density at radius 1 is 1.09 bits per heavy atom. The number of nitrogens with two attached hydrogens (primary N) is 1. The van der Waals surface area contributed by atoms with Gasteiger partial charge in [0, 0.05) is 55.9 Å². The maximum absolute atomic E-state index is 12.7. The molecule has 2 saturated heterocycles. The fourth-order valence-corrected chi connectivity index (χ4v) is 4.30. The number of rotatable bonds is 5. The maximum Gasteiger partial charge on any atom is 0.432 e. The second-order valence-corrected chi connectivity index (χ2v) is 9.06. The Labute approximate surface area is 206 Å². The predicted octanol–water partition coefficient (Wildman–Crippen LogP) is 3.13. The van der Waals surface area contributed by atoms with Gasteiger partial charge in [0.05, 0.1) is 10.7 Å². The Morgan fingerprint density at radius 2 is 1.71 bits per heavy atom. The van der Waals surface area contributed by atoms with Crippen LogP contribution in [0.3, 0.4) is 0 Å². The van der Waals surface area contributed by atoms with E-state index in [1.165, 1.54) is 6.92 Å². The topological polar surface area (TPSA) is 82.2 Å². The number of hydrogen-bond donors (Lipinski definition) is 1. The first-order valence-corrected chi connectivity index (χ1v) is 11.5. The summed E-state index contributed by atoms with van der Waals surface area (Å²) in [7, 11) is 0. The van der Waals surface area contributed by atoms with Crippen LogP contribution in [0.4, 0.5) is 13.2 Å². The van der Waals surface area contributed by atoms with Crippen LogP contribution in [0.25, 0.3) is 0 Å². The summed E-state index contributed by atoms with van der Waals surface area (Å²) >= 11 is 11.5. The van der Waals surface area contributed by atoms with Gasteiger partial charge in [0.2, 0.25) is 5.91 Å². The van der Waals surface area contributed by atoms with Crippen molar-refractivity contribution in [3.05, 3.63) is 45.6 Å². The molecular formula is C22H26Cl2F3N5O2. The van der Waals surface area contributed by atoms with Gasteiger partial charge in [-0.1, -0.05) is 23.2 Å². The Balaban J connectivity index is 1.49. The number of aliphatic imine (C=N–C) groups is 1. The van der Waals surface area contributed by atoms with E-state index in [2.05, 4.69) is 9.89 Å². The van der Waals surface area contributed by atoms with Crippen molar-refractivity contribution in [1.82, 2.24) is 14.7 Å². The fraction of sp³-hybridized carbons (Fsp3) is 0.500. The zero-order chi connectivity index (χ0) is 25.0. The number of likely N-dealkylation sites (tertiary alicyclic amines) is 1. The third-order valence-electron chi connectivity index (χ3n) is 6.04. The molecule has 1 unspecified atom stereocenters. The summed E-state index contributed by atoms with van der Waals surface area (Å²) in [4.78, 5) is 34.8. The first-order chi connectivity index (χ1) is 16.0. The molecule has 2 aliphatic heterocycles. The predicted molar refractivity (Wildman–Crippen MR) is 125 cm³/mol. The summed E-state index contributed by atoms with van der Waals surface area (Å²) in [5.41, 5.74) is 4.03. The highest BCUT2D eigenvalue weighted by atomic mass is 35.5.